The van der Waals surface area contributed by atoms with Gasteiger partial charge in [0.15, 0.2) is 0 Å². The summed E-state index contributed by atoms with van der Waals surface area (Å²) in [6.07, 6.45) is -0.278. The summed E-state index contributed by atoms with van der Waals surface area (Å²) < 4.78 is 5.56. The van der Waals surface area contributed by atoms with E-state index in [-0.39, 0.29) is 18.9 Å². The maximum atomic E-state index is 10.8. The van der Waals surface area contributed by atoms with E-state index < -0.39 is 6.10 Å². The van der Waals surface area contributed by atoms with Crippen LogP contribution in [0, 0.1) is 0 Å². The van der Waals surface area contributed by atoms with E-state index in [4.69, 9.17) is 10.5 Å². The molecule has 0 radical (unpaired) electrons. The van der Waals surface area contributed by atoms with Gasteiger partial charge in [-0.2, -0.15) is 0 Å². The number of aliphatic hydroxyl groups excluding tert-OH is 1. The Balaban J connectivity index is 1.72. The quantitative estimate of drug-likeness (QED) is 0.622. The largest absolute Gasteiger partial charge is 0.491 e. The van der Waals surface area contributed by atoms with E-state index in [0.717, 1.165) is 31.7 Å². The van der Waals surface area contributed by atoms with Gasteiger partial charge in [0, 0.05) is 32.7 Å². The van der Waals surface area contributed by atoms with E-state index in [0.29, 0.717) is 12.3 Å². The number of hydrogen-bond donors (Lipinski definition) is 3. The molecule has 6 heteroatoms. The summed E-state index contributed by atoms with van der Waals surface area (Å²) in [5.74, 6) is 0.331. The van der Waals surface area contributed by atoms with Gasteiger partial charge in [-0.15, -0.1) is 0 Å². The first-order valence-electron chi connectivity index (χ1n) is 7.24. The lowest BCUT2D eigenvalue weighted by atomic mass is 10.1. The van der Waals surface area contributed by atoms with Crippen LogP contribution in [0.3, 0.4) is 0 Å². The molecule has 1 atom stereocenters. The van der Waals surface area contributed by atoms with Gasteiger partial charge in [0.05, 0.1) is 6.42 Å². The molecule has 1 aromatic carbocycles. The molecule has 0 aromatic heterocycles. The summed E-state index contributed by atoms with van der Waals surface area (Å²) in [4.78, 5) is 13.0. The molecule has 0 spiro atoms. The van der Waals surface area contributed by atoms with Gasteiger partial charge in [0.2, 0.25) is 5.91 Å². The van der Waals surface area contributed by atoms with Crippen molar-refractivity contribution in [1.82, 2.24) is 10.2 Å². The number of rotatable bonds is 7. The van der Waals surface area contributed by atoms with Gasteiger partial charge in [-0.3, -0.25) is 9.69 Å². The highest BCUT2D eigenvalue weighted by molar-refractivity contribution is 5.76. The predicted octanol–water partition coefficient (Wildman–Crippen LogP) is -0.641. The Morgan fingerprint density at radius 3 is 2.62 bits per heavy atom. The Hall–Kier alpha value is -1.63. The van der Waals surface area contributed by atoms with Crippen LogP contribution in [0.4, 0.5) is 0 Å². The Labute approximate surface area is 124 Å². The molecule has 1 aromatic rings. The molecule has 1 heterocycles. The fourth-order valence-electron chi connectivity index (χ4n) is 2.34. The molecular formula is C15H23N3O3. The zero-order valence-electron chi connectivity index (χ0n) is 12.1. The standard InChI is InChI=1S/C15H23N3O3/c16-15(20)9-12-1-3-14(4-2-12)21-11-13(19)10-18-7-5-17-6-8-18/h1-4,13,17,19H,5-11H2,(H2,16,20). The van der Waals surface area contributed by atoms with E-state index in [2.05, 4.69) is 10.2 Å². The van der Waals surface area contributed by atoms with Crippen molar-refractivity contribution in [3.8, 4) is 5.75 Å². The fourth-order valence-corrected chi connectivity index (χ4v) is 2.34. The highest BCUT2D eigenvalue weighted by atomic mass is 16.5. The van der Waals surface area contributed by atoms with E-state index >= 15 is 0 Å². The number of nitrogens with two attached hydrogens (primary N) is 1. The highest BCUT2D eigenvalue weighted by Gasteiger charge is 2.14. The smallest absolute Gasteiger partial charge is 0.221 e. The topological polar surface area (TPSA) is 87.8 Å². The van der Waals surface area contributed by atoms with E-state index in [9.17, 15) is 9.90 Å². The average molecular weight is 293 g/mol. The van der Waals surface area contributed by atoms with Crippen LogP contribution in [0.1, 0.15) is 5.56 Å². The van der Waals surface area contributed by atoms with Gasteiger partial charge in [0.1, 0.15) is 18.5 Å². The van der Waals surface area contributed by atoms with E-state index in [1.54, 1.807) is 12.1 Å². The minimum Gasteiger partial charge on any atom is -0.491 e. The van der Waals surface area contributed by atoms with Gasteiger partial charge in [-0.05, 0) is 17.7 Å². The number of nitrogens with one attached hydrogen (secondary N) is 1. The SMILES string of the molecule is NC(=O)Cc1ccc(OCC(O)CN2CCNCC2)cc1. The molecule has 21 heavy (non-hydrogen) atoms. The van der Waals surface area contributed by atoms with Crippen molar-refractivity contribution in [2.75, 3.05) is 39.3 Å². The van der Waals surface area contributed by atoms with Crippen LogP contribution in [0.15, 0.2) is 24.3 Å². The van der Waals surface area contributed by atoms with E-state index in [1.165, 1.54) is 0 Å². The molecule has 1 amide bonds. The number of amides is 1. The number of carbonyl (C=O) groups excluding carboxylic acids is 1. The van der Waals surface area contributed by atoms with Gasteiger partial charge < -0.3 is 20.9 Å². The van der Waals surface area contributed by atoms with Crippen molar-refractivity contribution < 1.29 is 14.6 Å². The van der Waals surface area contributed by atoms with Crippen LogP contribution in [-0.4, -0.2) is 61.3 Å². The molecule has 1 aliphatic rings. The summed E-state index contributed by atoms with van der Waals surface area (Å²) in [5.41, 5.74) is 6.00. The first kappa shape index (κ1) is 15.8. The van der Waals surface area contributed by atoms with Crippen molar-refractivity contribution in [2.24, 2.45) is 5.73 Å². The molecule has 1 fully saturated rings. The minimum absolute atomic E-state index is 0.228. The second-order valence-corrected chi connectivity index (χ2v) is 5.30. The van der Waals surface area contributed by atoms with Crippen LogP contribution in [0.5, 0.6) is 5.75 Å². The molecule has 0 bridgehead atoms. The van der Waals surface area contributed by atoms with Crippen molar-refractivity contribution >= 4 is 5.91 Å². The molecule has 6 nitrogen and oxygen atoms in total. The van der Waals surface area contributed by atoms with Crippen molar-refractivity contribution in [3.63, 3.8) is 0 Å². The van der Waals surface area contributed by atoms with Crippen molar-refractivity contribution in [3.05, 3.63) is 29.8 Å². The lowest BCUT2D eigenvalue weighted by molar-refractivity contribution is -0.117. The summed E-state index contributed by atoms with van der Waals surface area (Å²) in [6.45, 7) is 4.74. The van der Waals surface area contributed by atoms with Crippen LogP contribution in [-0.2, 0) is 11.2 Å². The molecule has 4 N–H and O–H groups in total. The summed E-state index contributed by atoms with van der Waals surface area (Å²) in [6, 6.07) is 7.19. The van der Waals surface area contributed by atoms with Crippen LogP contribution < -0.4 is 15.8 Å². The number of β-amino-alcohol motifs (C(OH)–C–C–N with tert-alkyl or cyclic N) is 1. The lowest BCUT2D eigenvalue weighted by Crippen LogP contribution is -2.47. The first-order valence-corrected chi connectivity index (χ1v) is 7.24. The van der Waals surface area contributed by atoms with Crippen molar-refractivity contribution in [2.45, 2.75) is 12.5 Å². The third kappa shape index (κ3) is 5.71. The molecule has 2 rings (SSSR count). The molecule has 116 valence electrons. The Kier molecular flexibility index (Phi) is 5.98. The lowest BCUT2D eigenvalue weighted by Gasteiger charge is -2.29. The molecule has 1 aliphatic heterocycles. The molecule has 1 saturated heterocycles. The normalized spacial score (nSPS) is 17.4. The maximum absolute atomic E-state index is 10.8. The third-order valence-corrected chi connectivity index (χ3v) is 3.42. The van der Waals surface area contributed by atoms with Crippen LogP contribution in [0.25, 0.3) is 0 Å². The van der Waals surface area contributed by atoms with Gasteiger partial charge >= 0.3 is 0 Å². The molecular weight excluding hydrogens is 270 g/mol. The predicted molar refractivity (Wildman–Crippen MR) is 80.2 cm³/mol. The number of hydrogen-bond acceptors (Lipinski definition) is 5. The number of primary amides is 1. The zero-order valence-corrected chi connectivity index (χ0v) is 12.1. The Morgan fingerprint density at radius 1 is 1.33 bits per heavy atom. The zero-order chi connectivity index (χ0) is 15.1. The monoisotopic (exact) mass is 293 g/mol. The van der Waals surface area contributed by atoms with Gasteiger partial charge in [-0.25, -0.2) is 0 Å². The van der Waals surface area contributed by atoms with Crippen molar-refractivity contribution in [1.29, 1.82) is 0 Å². The van der Waals surface area contributed by atoms with Crippen LogP contribution in [0.2, 0.25) is 0 Å². The minimum atomic E-state index is -0.506. The second kappa shape index (κ2) is 7.97. The molecule has 1 unspecified atom stereocenters. The number of carbonyl (C=O) groups is 1. The first-order chi connectivity index (χ1) is 10.1. The average Bonchev–Trinajstić information content (AvgIpc) is 2.47. The third-order valence-electron chi connectivity index (χ3n) is 3.42. The van der Waals surface area contributed by atoms with Crippen LogP contribution >= 0.6 is 0 Å². The van der Waals surface area contributed by atoms with E-state index in [1.807, 2.05) is 12.1 Å². The fraction of sp³-hybridized carbons (Fsp3) is 0.533. The summed E-state index contributed by atoms with van der Waals surface area (Å²) in [5, 5.41) is 13.3. The second-order valence-electron chi connectivity index (χ2n) is 5.30. The molecule has 0 aliphatic carbocycles. The number of aliphatic hydroxyl groups is 1. The highest BCUT2D eigenvalue weighted by Crippen LogP contribution is 2.13. The maximum Gasteiger partial charge on any atom is 0.221 e. The Morgan fingerprint density at radius 2 is 2.00 bits per heavy atom. The Bertz CT molecular complexity index is 444. The summed E-state index contributed by atoms with van der Waals surface area (Å²) in [7, 11) is 0. The van der Waals surface area contributed by atoms with Gasteiger partial charge in [-0.1, -0.05) is 12.1 Å². The number of ether oxygens (including phenoxy) is 1. The summed E-state index contributed by atoms with van der Waals surface area (Å²) >= 11 is 0. The molecule has 0 saturated carbocycles. The van der Waals surface area contributed by atoms with Gasteiger partial charge in [0.25, 0.3) is 0 Å². The number of benzene rings is 1. The number of piperazine rings is 1. The number of nitrogens with zero attached hydrogens (tertiary/aromatic N) is 1.